The molecule has 27 heavy (non-hydrogen) atoms. The maximum atomic E-state index is 14.4. The molecule has 0 aliphatic carbocycles. The van der Waals surface area contributed by atoms with Gasteiger partial charge >= 0.3 is 0 Å². The van der Waals surface area contributed by atoms with Crippen LogP contribution in [0.1, 0.15) is 22.9 Å². The second-order valence-electron chi connectivity index (χ2n) is 6.87. The van der Waals surface area contributed by atoms with Gasteiger partial charge in [-0.25, -0.2) is 8.78 Å². The SMILES string of the molecule is O=P1(c2cc(CC3=NNC(O)c4cc(F)ccc43)ccc2F)CCNCC1. The Morgan fingerprint density at radius 2 is 1.93 bits per heavy atom. The molecule has 1 fully saturated rings. The highest BCUT2D eigenvalue weighted by Gasteiger charge is 2.30. The molecule has 5 nitrogen and oxygen atoms in total. The third kappa shape index (κ3) is 3.55. The van der Waals surface area contributed by atoms with Crippen LogP contribution in [0.3, 0.4) is 0 Å². The summed E-state index contributed by atoms with van der Waals surface area (Å²) in [5.74, 6) is -0.880. The highest BCUT2D eigenvalue weighted by Crippen LogP contribution is 2.45. The Balaban J connectivity index is 1.66. The largest absolute Gasteiger partial charge is 0.368 e. The van der Waals surface area contributed by atoms with Crippen LogP contribution >= 0.6 is 7.14 Å². The minimum atomic E-state index is -2.75. The first-order valence-electron chi connectivity index (χ1n) is 8.84. The third-order valence-electron chi connectivity index (χ3n) is 5.06. The molecule has 8 heteroatoms. The second kappa shape index (κ2) is 7.15. The van der Waals surface area contributed by atoms with Crippen molar-refractivity contribution >= 4 is 18.2 Å². The van der Waals surface area contributed by atoms with Crippen molar-refractivity contribution < 1.29 is 18.5 Å². The Morgan fingerprint density at radius 3 is 2.70 bits per heavy atom. The van der Waals surface area contributed by atoms with Gasteiger partial charge in [-0.15, -0.1) is 0 Å². The summed E-state index contributed by atoms with van der Waals surface area (Å²) in [6, 6.07) is 8.82. The Kier molecular flexibility index (Phi) is 4.84. The summed E-state index contributed by atoms with van der Waals surface area (Å²) in [6.45, 7) is 1.24. The van der Waals surface area contributed by atoms with Crippen molar-refractivity contribution in [1.82, 2.24) is 10.7 Å². The van der Waals surface area contributed by atoms with Crippen LogP contribution in [0, 0.1) is 11.6 Å². The number of hydrazone groups is 1. The molecule has 3 N–H and O–H groups in total. The van der Waals surface area contributed by atoms with Gasteiger partial charge in [-0.1, -0.05) is 6.07 Å². The predicted molar refractivity (Wildman–Crippen MR) is 101 cm³/mol. The number of nitrogens with one attached hydrogen (secondary N) is 2. The van der Waals surface area contributed by atoms with Crippen molar-refractivity contribution in [3.8, 4) is 0 Å². The molecule has 2 aliphatic rings. The van der Waals surface area contributed by atoms with Gasteiger partial charge in [0.05, 0.1) is 5.71 Å². The molecule has 0 saturated carbocycles. The number of rotatable bonds is 3. The minimum absolute atomic E-state index is 0.297. The topological polar surface area (TPSA) is 73.7 Å². The smallest absolute Gasteiger partial charge is 0.166 e. The molecule has 0 spiro atoms. The number of benzene rings is 2. The van der Waals surface area contributed by atoms with E-state index in [0.29, 0.717) is 54.0 Å². The fraction of sp³-hybridized carbons (Fsp3) is 0.316. The maximum absolute atomic E-state index is 14.4. The van der Waals surface area contributed by atoms with Gasteiger partial charge in [0, 0.05) is 48.3 Å². The van der Waals surface area contributed by atoms with Gasteiger partial charge in [-0.05, 0) is 35.9 Å². The number of fused-ring (bicyclic) bond motifs is 1. The first-order valence-corrected chi connectivity index (χ1v) is 10.9. The van der Waals surface area contributed by atoms with E-state index in [1.54, 1.807) is 18.2 Å². The quantitative estimate of drug-likeness (QED) is 0.701. The highest BCUT2D eigenvalue weighted by atomic mass is 31.2. The van der Waals surface area contributed by atoms with E-state index in [9.17, 15) is 18.5 Å². The summed E-state index contributed by atoms with van der Waals surface area (Å²) >= 11 is 0. The van der Waals surface area contributed by atoms with Crippen LogP contribution < -0.4 is 16.0 Å². The van der Waals surface area contributed by atoms with Gasteiger partial charge in [0.15, 0.2) is 6.23 Å². The fourth-order valence-electron chi connectivity index (χ4n) is 3.60. The molecule has 0 radical (unpaired) electrons. The molecule has 0 bridgehead atoms. The molecule has 2 aliphatic heterocycles. The monoisotopic (exact) mass is 391 g/mol. The van der Waals surface area contributed by atoms with Crippen molar-refractivity contribution in [2.24, 2.45) is 5.10 Å². The van der Waals surface area contributed by atoms with Crippen LogP contribution in [0.25, 0.3) is 0 Å². The van der Waals surface area contributed by atoms with Crippen molar-refractivity contribution in [2.75, 3.05) is 25.4 Å². The molecular weight excluding hydrogens is 371 g/mol. The van der Waals surface area contributed by atoms with E-state index in [2.05, 4.69) is 15.8 Å². The molecule has 0 amide bonds. The number of aliphatic hydroxyl groups is 1. The van der Waals surface area contributed by atoms with Gasteiger partial charge < -0.3 is 15.0 Å². The fourth-order valence-corrected chi connectivity index (χ4v) is 6.21. The average molecular weight is 391 g/mol. The zero-order valence-corrected chi connectivity index (χ0v) is 15.5. The van der Waals surface area contributed by atoms with Gasteiger partial charge in [0.1, 0.15) is 18.8 Å². The van der Waals surface area contributed by atoms with Crippen LogP contribution in [-0.4, -0.2) is 36.2 Å². The second-order valence-corrected chi connectivity index (χ2v) is 10.0. The number of halogens is 2. The number of nitrogens with zero attached hydrogens (tertiary/aromatic N) is 1. The summed E-state index contributed by atoms with van der Waals surface area (Å²) in [7, 11) is -2.75. The Hall–Kier alpha value is -2.08. The summed E-state index contributed by atoms with van der Waals surface area (Å²) in [4.78, 5) is 0. The zero-order chi connectivity index (χ0) is 19.0. The van der Waals surface area contributed by atoms with Gasteiger partial charge in [-0.2, -0.15) is 5.10 Å². The predicted octanol–water partition coefficient (Wildman–Crippen LogP) is 2.10. The van der Waals surface area contributed by atoms with E-state index in [1.807, 2.05) is 0 Å². The normalized spacial score (nSPS) is 21.1. The summed E-state index contributed by atoms with van der Waals surface area (Å²) in [6.07, 6.45) is 0.173. The Bertz CT molecular complexity index is 954. The summed E-state index contributed by atoms with van der Waals surface area (Å²) < 4.78 is 41.1. The number of aliphatic hydroxyl groups excluding tert-OH is 1. The molecule has 4 rings (SSSR count). The zero-order valence-electron chi connectivity index (χ0n) is 14.6. The summed E-state index contributed by atoms with van der Waals surface area (Å²) in [5, 5.41) is 17.6. The van der Waals surface area contributed by atoms with Crippen molar-refractivity contribution in [2.45, 2.75) is 12.6 Å². The average Bonchev–Trinajstić information content (AvgIpc) is 2.66. The first kappa shape index (κ1) is 18.3. The molecule has 2 aromatic rings. The van der Waals surface area contributed by atoms with Crippen LogP contribution in [0.4, 0.5) is 8.78 Å². The van der Waals surface area contributed by atoms with E-state index in [-0.39, 0.29) is 0 Å². The van der Waals surface area contributed by atoms with E-state index in [4.69, 9.17) is 0 Å². The molecule has 2 aromatic carbocycles. The Morgan fingerprint density at radius 1 is 1.15 bits per heavy atom. The van der Waals surface area contributed by atoms with E-state index < -0.39 is 25.0 Å². The van der Waals surface area contributed by atoms with Crippen molar-refractivity contribution in [3.05, 3.63) is 64.7 Å². The van der Waals surface area contributed by atoms with Gasteiger partial charge in [-0.3, -0.25) is 5.43 Å². The molecule has 0 aromatic heterocycles. The lowest BCUT2D eigenvalue weighted by Crippen LogP contribution is -2.33. The molecule has 1 unspecified atom stereocenters. The van der Waals surface area contributed by atoms with E-state index in [1.165, 1.54) is 18.2 Å². The lowest BCUT2D eigenvalue weighted by molar-refractivity contribution is 0.138. The Labute approximate surface area is 155 Å². The van der Waals surface area contributed by atoms with Crippen molar-refractivity contribution in [1.29, 1.82) is 0 Å². The maximum Gasteiger partial charge on any atom is 0.166 e. The standard InChI is InChI=1S/C19H20F2N3O2P/c20-13-2-3-14-15(11-13)19(25)24-23-17(14)9-12-1-4-16(21)18(10-12)27(26)7-5-22-6-8-27/h1-4,10-11,19,22,24-25H,5-9H2. The lowest BCUT2D eigenvalue weighted by Gasteiger charge is -2.25. The van der Waals surface area contributed by atoms with Crippen LogP contribution in [-0.2, 0) is 11.0 Å². The van der Waals surface area contributed by atoms with Crippen molar-refractivity contribution in [3.63, 3.8) is 0 Å². The summed E-state index contributed by atoms with van der Waals surface area (Å²) in [5.41, 5.74) is 5.00. The van der Waals surface area contributed by atoms with Gasteiger partial charge in [0.25, 0.3) is 0 Å². The molecule has 142 valence electrons. The highest BCUT2D eigenvalue weighted by molar-refractivity contribution is 7.71. The van der Waals surface area contributed by atoms with Crippen LogP contribution in [0.15, 0.2) is 41.5 Å². The van der Waals surface area contributed by atoms with E-state index in [0.717, 1.165) is 5.56 Å². The lowest BCUT2D eigenvalue weighted by atomic mass is 9.96. The first-order chi connectivity index (χ1) is 13.0. The minimum Gasteiger partial charge on any atom is -0.368 e. The molecule has 2 heterocycles. The van der Waals surface area contributed by atoms with Crippen LogP contribution in [0.5, 0.6) is 0 Å². The van der Waals surface area contributed by atoms with E-state index >= 15 is 0 Å². The third-order valence-corrected chi connectivity index (χ3v) is 8.17. The molecule has 1 saturated heterocycles. The molecule has 1 atom stereocenters. The number of hydrogen-bond donors (Lipinski definition) is 3. The van der Waals surface area contributed by atoms with Crippen LogP contribution in [0.2, 0.25) is 0 Å². The number of hydrogen-bond acceptors (Lipinski definition) is 5. The molecular formula is C19H20F2N3O2P. The van der Waals surface area contributed by atoms with Gasteiger partial charge in [0.2, 0.25) is 0 Å².